The molecule has 28 heavy (non-hydrogen) atoms. The number of halogens is 2. The Kier molecular flexibility index (Phi) is 6.78. The lowest BCUT2D eigenvalue weighted by Gasteiger charge is -2.27. The van der Waals surface area contributed by atoms with Gasteiger partial charge in [-0.15, -0.1) is 12.4 Å². The lowest BCUT2D eigenvalue weighted by atomic mass is 10.3. The lowest BCUT2D eigenvalue weighted by Crippen LogP contribution is -2.47. The summed E-state index contributed by atoms with van der Waals surface area (Å²) < 4.78 is 7.82. The number of ether oxygens (including phenoxy) is 1. The van der Waals surface area contributed by atoms with E-state index in [1.54, 1.807) is 12.1 Å². The SMILES string of the molecule is Cl.O=C(Cn1c(COc2ccc(Cl)cc2)nc2ccccc21)N1CCNCC1. The van der Waals surface area contributed by atoms with E-state index in [2.05, 4.69) is 10.3 Å². The van der Waals surface area contributed by atoms with Crippen molar-refractivity contribution >= 4 is 40.9 Å². The first-order chi connectivity index (χ1) is 13.2. The first kappa shape index (κ1) is 20.5. The van der Waals surface area contributed by atoms with Crippen molar-refractivity contribution in [3.63, 3.8) is 0 Å². The third-order valence-corrected chi connectivity index (χ3v) is 4.93. The molecule has 0 bridgehead atoms. The summed E-state index contributed by atoms with van der Waals surface area (Å²) in [6.07, 6.45) is 0. The number of aromatic nitrogens is 2. The standard InChI is InChI=1S/C20H21ClN4O2.ClH/c21-15-5-7-16(8-6-15)27-14-19-23-17-3-1-2-4-18(17)25(19)13-20(26)24-11-9-22-10-12-24;/h1-8,22H,9-14H2;1H. The molecule has 0 unspecified atom stereocenters. The minimum atomic E-state index is 0. The average molecular weight is 421 g/mol. The molecule has 8 heteroatoms. The molecule has 0 aliphatic carbocycles. The predicted molar refractivity (Wildman–Crippen MR) is 112 cm³/mol. The number of fused-ring (bicyclic) bond motifs is 1. The molecule has 3 aromatic rings. The molecule has 2 heterocycles. The van der Waals surface area contributed by atoms with Gasteiger partial charge in [-0.2, -0.15) is 0 Å². The Labute approximate surface area is 174 Å². The van der Waals surface area contributed by atoms with Crippen LogP contribution in [-0.4, -0.2) is 46.5 Å². The average Bonchev–Trinajstić information content (AvgIpc) is 3.06. The molecule has 1 fully saturated rings. The molecule has 148 valence electrons. The number of hydrogen-bond donors (Lipinski definition) is 1. The topological polar surface area (TPSA) is 59.4 Å². The van der Waals surface area contributed by atoms with Crippen molar-refractivity contribution in [2.24, 2.45) is 0 Å². The molecule has 1 N–H and O–H groups in total. The van der Waals surface area contributed by atoms with E-state index in [-0.39, 0.29) is 31.5 Å². The third kappa shape index (κ3) is 4.58. The first-order valence-corrected chi connectivity index (χ1v) is 9.39. The maximum Gasteiger partial charge on any atom is 0.242 e. The number of nitrogens with zero attached hydrogens (tertiary/aromatic N) is 3. The number of carbonyl (C=O) groups excluding carboxylic acids is 1. The maximum atomic E-state index is 12.8. The van der Waals surface area contributed by atoms with Crippen LogP contribution in [-0.2, 0) is 17.9 Å². The molecule has 1 saturated heterocycles. The Bertz CT molecular complexity index is 937. The lowest BCUT2D eigenvalue weighted by molar-refractivity contribution is -0.132. The largest absolute Gasteiger partial charge is 0.486 e. The van der Waals surface area contributed by atoms with E-state index < -0.39 is 0 Å². The van der Waals surface area contributed by atoms with Crippen LogP contribution < -0.4 is 10.1 Å². The second-order valence-electron chi connectivity index (χ2n) is 6.48. The van der Waals surface area contributed by atoms with Crippen LogP contribution >= 0.6 is 24.0 Å². The summed E-state index contributed by atoms with van der Waals surface area (Å²) in [7, 11) is 0. The molecule has 0 saturated carbocycles. The number of amides is 1. The van der Waals surface area contributed by atoms with Gasteiger partial charge in [-0.05, 0) is 36.4 Å². The summed E-state index contributed by atoms with van der Waals surface area (Å²) in [5.41, 5.74) is 1.80. The molecule has 0 spiro atoms. The third-order valence-electron chi connectivity index (χ3n) is 4.68. The smallest absolute Gasteiger partial charge is 0.242 e. The summed E-state index contributed by atoms with van der Waals surface area (Å²) in [6, 6.07) is 15.1. The summed E-state index contributed by atoms with van der Waals surface area (Å²) in [5.74, 6) is 1.55. The van der Waals surface area contributed by atoms with Crippen LogP contribution in [0.1, 0.15) is 5.82 Å². The van der Waals surface area contributed by atoms with E-state index in [1.165, 1.54) is 0 Å². The van der Waals surface area contributed by atoms with Gasteiger partial charge >= 0.3 is 0 Å². The highest BCUT2D eigenvalue weighted by Gasteiger charge is 2.20. The Morgan fingerprint density at radius 3 is 2.57 bits per heavy atom. The molecule has 1 amide bonds. The van der Waals surface area contributed by atoms with Gasteiger partial charge in [-0.3, -0.25) is 4.79 Å². The van der Waals surface area contributed by atoms with Gasteiger partial charge in [0.1, 0.15) is 24.7 Å². The van der Waals surface area contributed by atoms with Crippen LogP contribution in [0.15, 0.2) is 48.5 Å². The van der Waals surface area contributed by atoms with Crippen molar-refractivity contribution in [1.29, 1.82) is 0 Å². The Morgan fingerprint density at radius 1 is 1.11 bits per heavy atom. The van der Waals surface area contributed by atoms with Crippen LogP contribution in [0.3, 0.4) is 0 Å². The minimum absolute atomic E-state index is 0. The Hall–Kier alpha value is -2.28. The number of carbonyl (C=O) groups is 1. The molecule has 0 radical (unpaired) electrons. The number of imidazole rings is 1. The van der Waals surface area contributed by atoms with E-state index in [0.29, 0.717) is 10.8 Å². The Balaban J connectivity index is 0.00000225. The molecule has 1 aliphatic heterocycles. The highest BCUT2D eigenvalue weighted by molar-refractivity contribution is 6.30. The predicted octanol–water partition coefficient (Wildman–Crippen LogP) is 3.12. The number of benzene rings is 2. The molecular weight excluding hydrogens is 399 g/mol. The van der Waals surface area contributed by atoms with Crippen molar-refractivity contribution in [1.82, 2.24) is 19.8 Å². The van der Waals surface area contributed by atoms with Gasteiger partial charge < -0.3 is 19.5 Å². The van der Waals surface area contributed by atoms with Gasteiger partial charge in [0, 0.05) is 31.2 Å². The Morgan fingerprint density at radius 2 is 1.82 bits per heavy atom. The normalized spacial score (nSPS) is 14.0. The van der Waals surface area contributed by atoms with E-state index in [9.17, 15) is 4.79 Å². The second-order valence-corrected chi connectivity index (χ2v) is 6.91. The summed E-state index contributed by atoms with van der Waals surface area (Å²) in [6.45, 7) is 3.70. The summed E-state index contributed by atoms with van der Waals surface area (Å²) in [4.78, 5) is 19.3. The first-order valence-electron chi connectivity index (χ1n) is 9.02. The molecule has 4 rings (SSSR count). The maximum absolute atomic E-state index is 12.8. The highest BCUT2D eigenvalue weighted by atomic mass is 35.5. The van der Waals surface area contributed by atoms with Gasteiger partial charge in [-0.25, -0.2) is 4.98 Å². The summed E-state index contributed by atoms with van der Waals surface area (Å²) >= 11 is 5.92. The van der Waals surface area contributed by atoms with Gasteiger partial charge in [-0.1, -0.05) is 23.7 Å². The van der Waals surface area contributed by atoms with Crippen LogP contribution in [0.4, 0.5) is 0 Å². The molecule has 0 atom stereocenters. The van der Waals surface area contributed by atoms with Crippen LogP contribution in [0.2, 0.25) is 5.02 Å². The molecule has 1 aliphatic rings. The van der Waals surface area contributed by atoms with Gasteiger partial charge in [0.05, 0.1) is 11.0 Å². The van der Waals surface area contributed by atoms with Crippen molar-refractivity contribution in [2.45, 2.75) is 13.2 Å². The van der Waals surface area contributed by atoms with E-state index in [0.717, 1.165) is 43.0 Å². The van der Waals surface area contributed by atoms with Crippen LogP contribution in [0.5, 0.6) is 5.75 Å². The fourth-order valence-electron chi connectivity index (χ4n) is 3.24. The number of hydrogen-bond acceptors (Lipinski definition) is 4. The monoisotopic (exact) mass is 420 g/mol. The van der Waals surface area contributed by atoms with Crippen molar-refractivity contribution in [2.75, 3.05) is 26.2 Å². The van der Waals surface area contributed by atoms with Gasteiger partial charge in [0.2, 0.25) is 5.91 Å². The van der Waals surface area contributed by atoms with Crippen molar-refractivity contribution in [3.05, 3.63) is 59.4 Å². The molecular formula is C20H22Cl2N4O2. The van der Waals surface area contributed by atoms with Crippen molar-refractivity contribution in [3.8, 4) is 5.75 Å². The fraction of sp³-hybridized carbons (Fsp3) is 0.300. The van der Waals surface area contributed by atoms with E-state index in [4.69, 9.17) is 16.3 Å². The zero-order chi connectivity index (χ0) is 18.6. The van der Waals surface area contributed by atoms with Crippen molar-refractivity contribution < 1.29 is 9.53 Å². The minimum Gasteiger partial charge on any atom is -0.486 e. The number of nitrogens with one attached hydrogen (secondary N) is 1. The molecule has 6 nitrogen and oxygen atoms in total. The van der Waals surface area contributed by atoms with Crippen LogP contribution in [0, 0.1) is 0 Å². The van der Waals surface area contributed by atoms with Crippen LogP contribution in [0.25, 0.3) is 11.0 Å². The summed E-state index contributed by atoms with van der Waals surface area (Å²) in [5, 5.41) is 3.93. The molecule has 2 aromatic carbocycles. The fourth-order valence-corrected chi connectivity index (χ4v) is 3.37. The van der Waals surface area contributed by atoms with E-state index >= 15 is 0 Å². The zero-order valence-electron chi connectivity index (χ0n) is 15.3. The quantitative estimate of drug-likeness (QED) is 0.688. The number of piperazine rings is 1. The zero-order valence-corrected chi connectivity index (χ0v) is 16.9. The van der Waals surface area contributed by atoms with Gasteiger partial charge in [0.25, 0.3) is 0 Å². The number of rotatable bonds is 5. The second kappa shape index (κ2) is 9.28. The molecule has 1 aromatic heterocycles. The van der Waals surface area contributed by atoms with E-state index in [1.807, 2.05) is 45.9 Å². The number of para-hydroxylation sites is 2. The highest BCUT2D eigenvalue weighted by Crippen LogP contribution is 2.20. The van der Waals surface area contributed by atoms with Gasteiger partial charge in [0.15, 0.2) is 0 Å².